The van der Waals surface area contributed by atoms with Gasteiger partial charge >= 0.3 is 5.97 Å². The number of likely N-dealkylation sites (N-methyl/N-ethyl adjacent to an activating group) is 1. The molecule has 1 N–H and O–H groups in total. The van der Waals surface area contributed by atoms with Crippen LogP contribution in [0.1, 0.15) is 58.8 Å². The van der Waals surface area contributed by atoms with Crippen molar-refractivity contribution in [2.75, 3.05) is 7.05 Å². The molecule has 0 saturated heterocycles. The number of nitrogens with zero attached hydrogens (tertiary/aromatic N) is 1. The Morgan fingerprint density at radius 2 is 1.56 bits per heavy atom. The highest BCUT2D eigenvalue weighted by atomic mass is 16.4. The molecule has 0 aromatic heterocycles. The molecule has 0 amide bonds. The molecule has 0 heterocycles. The average molecular weight is 227 g/mol. The number of aliphatic carboxylic acids is 1. The van der Waals surface area contributed by atoms with Crippen LogP contribution in [-0.4, -0.2) is 34.6 Å². The van der Waals surface area contributed by atoms with Crippen LogP contribution in [-0.2, 0) is 4.79 Å². The first-order valence-corrected chi connectivity index (χ1v) is 6.42. The van der Waals surface area contributed by atoms with Gasteiger partial charge in [0.15, 0.2) is 0 Å². The molecule has 1 fully saturated rings. The van der Waals surface area contributed by atoms with Gasteiger partial charge < -0.3 is 5.11 Å². The van der Waals surface area contributed by atoms with Crippen LogP contribution in [0.2, 0.25) is 0 Å². The summed E-state index contributed by atoms with van der Waals surface area (Å²) < 4.78 is 0. The minimum atomic E-state index is -0.746. The topological polar surface area (TPSA) is 40.5 Å². The van der Waals surface area contributed by atoms with E-state index in [4.69, 9.17) is 0 Å². The molecule has 0 radical (unpaired) electrons. The maximum absolute atomic E-state index is 11.2. The first kappa shape index (κ1) is 13.5. The summed E-state index contributed by atoms with van der Waals surface area (Å²) in [5.41, 5.74) is -0.746. The summed E-state index contributed by atoms with van der Waals surface area (Å²) in [4.78, 5) is 13.3. The summed E-state index contributed by atoms with van der Waals surface area (Å²) in [6.45, 7) is 3.60. The molecule has 0 spiro atoms. The van der Waals surface area contributed by atoms with E-state index < -0.39 is 11.5 Å². The molecule has 1 saturated carbocycles. The zero-order chi connectivity index (χ0) is 12.2. The van der Waals surface area contributed by atoms with E-state index in [1.807, 2.05) is 7.05 Å². The Bertz CT molecular complexity index is 230. The molecule has 1 aliphatic carbocycles. The molecule has 1 rings (SSSR count). The van der Waals surface area contributed by atoms with E-state index >= 15 is 0 Å². The van der Waals surface area contributed by atoms with E-state index in [9.17, 15) is 9.90 Å². The number of carboxylic acids is 1. The zero-order valence-corrected chi connectivity index (χ0v) is 10.8. The third kappa shape index (κ3) is 3.21. The molecule has 3 nitrogen and oxygen atoms in total. The number of rotatable bonds is 3. The lowest BCUT2D eigenvalue weighted by Crippen LogP contribution is -2.52. The summed E-state index contributed by atoms with van der Waals surface area (Å²) in [5, 5.41) is 9.23. The normalized spacial score (nSPS) is 20.5. The highest BCUT2D eigenvalue weighted by Crippen LogP contribution is 2.25. The summed E-state index contributed by atoms with van der Waals surface area (Å²) >= 11 is 0. The third-order valence-electron chi connectivity index (χ3n) is 4.03. The molecule has 0 aromatic rings. The maximum Gasteiger partial charge on any atom is 0.323 e. The van der Waals surface area contributed by atoms with E-state index in [-0.39, 0.29) is 0 Å². The van der Waals surface area contributed by atoms with Gasteiger partial charge in [0.25, 0.3) is 0 Å². The van der Waals surface area contributed by atoms with Crippen LogP contribution < -0.4 is 0 Å². The molecular weight excluding hydrogens is 202 g/mol. The van der Waals surface area contributed by atoms with E-state index in [0.717, 1.165) is 12.8 Å². The first-order chi connectivity index (χ1) is 7.46. The maximum atomic E-state index is 11.2. The minimum Gasteiger partial charge on any atom is -0.480 e. The van der Waals surface area contributed by atoms with Crippen LogP contribution >= 0.6 is 0 Å². The van der Waals surface area contributed by atoms with Gasteiger partial charge in [-0.25, -0.2) is 0 Å². The number of carbonyl (C=O) groups is 1. The standard InChI is InChI=1S/C13H25NO2/c1-13(2,12(15)16)14(3)11-9-7-5-4-6-8-10-11/h11H,4-10H2,1-3H3,(H,15,16). The Kier molecular flexibility index (Phi) is 4.78. The lowest BCUT2D eigenvalue weighted by molar-refractivity contribution is -0.150. The highest BCUT2D eigenvalue weighted by molar-refractivity contribution is 5.77. The first-order valence-electron chi connectivity index (χ1n) is 6.42. The molecule has 0 atom stereocenters. The SMILES string of the molecule is CN(C1CCCCCCC1)C(C)(C)C(=O)O. The fourth-order valence-electron chi connectivity index (χ4n) is 2.43. The van der Waals surface area contributed by atoms with E-state index in [1.165, 1.54) is 32.1 Å². The molecular formula is C13H25NO2. The second-order valence-corrected chi connectivity index (χ2v) is 5.47. The molecule has 0 aromatic carbocycles. The second-order valence-electron chi connectivity index (χ2n) is 5.47. The third-order valence-corrected chi connectivity index (χ3v) is 4.03. The van der Waals surface area contributed by atoms with Crippen LogP contribution in [0.15, 0.2) is 0 Å². The van der Waals surface area contributed by atoms with Gasteiger partial charge in [-0.05, 0) is 33.7 Å². The van der Waals surface area contributed by atoms with Crippen LogP contribution in [0.3, 0.4) is 0 Å². The highest BCUT2D eigenvalue weighted by Gasteiger charge is 2.35. The van der Waals surface area contributed by atoms with Crippen molar-refractivity contribution in [3.63, 3.8) is 0 Å². The summed E-state index contributed by atoms with van der Waals surface area (Å²) in [6.07, 6.45) is 8.73. The smallest absolute Gasteiger partial charge is 0.323 e. The van der Waals surface area contributed by atoms with Gasteiger partial charge in [-0.1, -0.05) is 32.1 Å². The van der Waals surface area contributed by atoms with Crippen molar-refractivity contribution in [1.29, 1.82) is 0 Å². The minimum absolute atomic E-state index is 0.436. The van der Waals surface area contributed by atoms with Crippen molar-refractivity contribution in [2.45, 2.75) is 70.4 Å². The van der Waals surface area contributed by atoms with Crippen LogP contribution in [0.4, 0.5) is 0 Å². The van der Waals surface area contributed by atoms with Crippen molar-refractivity contribution in [3.05, 3.63) is 0 Å². The fourth-order valence-corrected chi connectivity index (χ4v) is 2.43. The fraction of sp³-hybridized carbons (Fsp3) is 0.923. The second kappa shape index (κ2) is 5.67. The summed E-state index contributed by atoms with van der Waals surface area (Å²) in [6, 6.07) is 0.436. The van der Waals surface area contributed by atoms with Gasteiger partial charge in [0.2, 0.25) is 0 Å². The number of carboxylic acid groups (broad SMARTS) is 1. The Labute approximate surface area is 98.8 Å². The predicted molar refractivity (Wildman–Crippen MR) is 65.6 cm³/mol. The molecule has 94 valence electrons. The lowest BCUT2D eigenvalue weighted by Gasteiger charge is -2.39. The van der Waals surface area contributed by atoms with Crippen molar-refractivity contribution in [3.8, 4) is 0 Å². The van der Waals surface area contributed by atoms with Crippen molar-refractivity contribution in [2.24, 2.45) is 0 Å². The Morgan fingerprint density at radius 1 is 1.12 bits per heavy atom. The van der Waals surface area contributed by atoms with Gasteiger partial charge in [-0.3, -0.25) is 9.69 Å². The van der Waals surface area contributed by atoms with E-state index in [1.54, 1.807) is 13.8 Å². The van der Waals surface area contributed by atoms with Crippen LogP contribution in [0.5, 0.6) is 0 Å². The van der Waals surface area contributed by atoms with Crippen molar-refractivity contribution >= 4 is 5.97 Å². The van der Waals surface area contributed by atoms with Crippen molar-refractivity contribution in [1.82, 2.24) is 4.90 Å². The Balaban J connectivity index is 2.62. The summed E-state index contributed by atoms with van der Waals surface area (Å²) in [7, 11) is 1.96. The predicted octanol–water partition coefficient (Wildman–Crippen LogP) is 2.89. The monoisotopic (exact) mass is 227 g/mol. The van der Waals surface area contributed by atoms with Gasteiger partial charge in [-0.2, -0.15) is 0 Å². The van der Waals surface area contributed by atoms with Crippen LogP contribution in [0.25, 0.3) is 0 Å². The van der Waals surface area contributed by atoms with Crippen molar-refractivity contribution < 1.29 is 9.90 Å². The summed E-state index contributed by atoms with van der Waals surface area (Å²) in [5.74, 6) is -0.725. The molecule has 0 bridgehead atoms. The molecule has 0 aliphatic heterocycles. The molecule has 3 heteroatoms. The average Bonchev–Trinajstić information content (AvgIpc) is 2.16. The molecule has 16 heavy (non-hydrogen) atoms. The van der Waals surface area contributed by atoms with Gasteiger partial charge in [-0.15, -0.1) is 0 Å². The Hall–Kier alpha value is -0.570. The lowest BCUT2D eigenvalue weighted by atomic mass is 9.92. The zero-order valence-electron chi connectivity index (χ0n) is 10.8. The van der Waals surface area contributed by atoms with Gasteiger partial charge in [0.1, 0.15) is 5.54 Å². The van der Waals surface area contributed by atoms with Gasteiger partial charge in [0.05, 0.1) is 0 Å². The Morgan fingerprint density at radius 3 is 2.00 bits per heavy atom. The van der Waals surface area contributed by atoms with E-state index in [2.05, 4.69) is 4.90 Å². The molecule has 1 aliphatic rings. The largest absolute Gasteiger partial charge is 0.480 e. The number of hydrogen-bond donors (Lipinski definition) is 1. The van der Waals surface area contributed by atoms with Gasteiger partial charge in [0, 0.05) is 6.04 Å². The quantitative estimate of drug-likeness (QED) is 0.806. The molecule has 0 unspecified atom stereocenters. The number of hydrogen-bond acceptors (Lipinski definition) is 2. The van der Waals surface area contributed by atoms with Crippen LogP contribution in [0, 0.1) is 0 Å². The van der Waals surface area contributed by atoms with E-state index in [0.29, 0.717) is 6.04 Å².